The van der Waals surface area contributed by atoms with Crippen molar-refractivity contribution in [2.45, 2.75) is 77.0 Å². The monoisotopic (exact) mass is 853 g/mol. The van der Waals surface area contributed by atoms with E-state index in [9.17, 15) is 0 Å². The van der Waals surface area contributed by atoms with E-state index >= 15 is 0 Å². The van der Waals surface area contributed by atoms with E-state index in [1.807, 2.05) is 0 Å². The van der Waals surface area contributed by atoms with Gasteiger partial charge in [0.15, 0.2) is 0 Å². The van der Waals surface area contributed by atoms with Gasteiger partial charge in [-0.05, 0) is 101 Å². The van der Waals surface area contributed by atoms with Gasteiger partial charge < -0.3 is 59.6 Å². The van der Waals surface area contributed by atoms with E-state index in [0.717, 1.165) is 117 Å². The summed E-state index contributed by atoms with van der Waals surface area (Å²) in [4.78, 5) is 5.29. The predicted octanol–water partition coefficient (Wildman–Crippen LogP) is 5.76. The van der Waals surface area contributed by atoms with Gasteiger partial charge in [0.2, 0.25) is 0 Å². The van der Waals surface area contributed by atoms with Crippen LogP contribution in [0.5, 0.6) is 0 Å². The lowest BCUT2D eigenvalue weighted by molar-refractivity contribution is 0.0709. The Morgan fingerprint density at radius 2 is 0.607 bits per heavy atom. The highest BCUT2D eigenvalue weighted by Gasteiger charge is 1.94. The molecule has 56 heavy (non-hydrogen) atoms. The van der Waals surface area contributed by atoms with Crippen molar-refractivity contribution in [3.63, 3.8) is 0 Å². The van der Waals surface area contributed by atoms with Crippen molar-refractivity contribution in [1.29, 1.82) is 0 Å². The maximum Gasteiger partial charge on any atom is 0.0488 e. The lowest BCUT2D eigenvalue weighted by Gasteiger charge is -2.04. The Labute approximate surface area is 347 Å². The van der Waals surface area contributed by atoms with Crippen LogP contribution in [0.1, 0.15) is 77.0 Å². The number of hydrogen-bond donors (Lipinski definition) is 4. The van der Waals surface area contributed by atoms with Crippen LogP contribution in [-0.2, 0) is 37.9 Å². The number of azide groups is 2. The van der Waals surface area contributed by atoms with E-state index in [4.69, 9.17) is 93.8 Å². The first-order chi connectivity index (χ1) is 27.7. The van der Waals surface area contributed by atoms with Crippen LogP contribution in [0.4, 0.5) is 0 Å². The second-order valence-corrected chi connectivity index (χ2v) is 12.2. The van der Waals surface area contributed by atoms with Crippen molar-refractivity contribution in [2.75, 3.05) is 157 Å². The van der Waals surface area contributed by atoms with Gasteiger partial charge in [-0.15, -0.1) is 23.2 Å². The second kappa shape index (κ2) is 68.4. The van der Waals surface area contributed by atoms with E-state index in [1.165, 1.54) is 0 Å². The van der Waals surface area contributed by atoms with Crippen LogP contribution in [0.2, 0.25) is 0 Å². The van der Waals surface area contributed by atoms with Crippen LogP contribution >= 0.6 is 23.2 Å². The molecule has 0 aliphatic heterocycles. The lowest BCUT2D eigenvalue weighted by Crippen LogP contribution is -2.08. The number of hydrogen-bond acceptors (Lipinski definition) is 14. The number of rotatable bonds is 42. The molecule has 0 aliphatic carbocycles. The number of aliphatic hydroxyl groups excluding tert-OH is 2. The molecule has 0 saturated heterocycles. The Morgan fingerprint density at radius 3 is 0.839 bits per heavy atom. The number of aliphatic hydroxyl groups is 2. The largest absolute Gasteiger partial charge is 0.396 e. The van der Waals surface area contributed by atoms with E-state index in [1.54, 1.807) is 0 Å². The molecular weight excluding hydrogens is 775 g/mol. The molecule has 0 fully saturated rings. The fraction of sp³-hybridized carbons (Fsp3) is 1.00. The maximum atomic E-state index is 8.44. The van der Waals surface area contributed by atoms with Gasteiger partial charge in [-0.2, -0.15) is 0 Å². The van der Waals surface area contributed by atoms with Crippen molar-refractivity contribution >= 4 is 23.2 Å². The van der Waals surface area contributed by atoms with Crippen LogP contribution in [-0.4, -0.2) is 167 Å². The zero-order valence-corrected chi connectivity index (χ0v) is 35.7. The highest BCUT2D eigenvalue weighted by Crippen LogP contribution is 1.93. The summed E-state index contributed by atoms with van der Waals surface area (Å²) < 4.78 is 42.1. The van der Waals surface area contributed by atoms with Crippen LogP contribution in [0, 0.1) is 0 Å². The third kappa shape index (κ3) is 77.3. The molecule has 18 nitrogen and oxygen atoms in total. The second-order valence-electron chi connectivity index (χ2n) is 11.5. The molecule has 0 amide bonds. The zero-order valence-electron chi connectivity index (χ0n) is 34.2. The lowest BCUT2D eigenvalue weighted by atomic mass is 10.4. The van der Waals surface area contributed by atoms with E-state index < -0.39 is 0 Å². The van der Waals surface area contributed by atoms with Crippen LogP contribution < -0.4 is 11.5 Å². The first-order valence-electron chi connectivity index (χ1n) is 20.0. The molecule has 0 spiro atoms. The molecule has 336 valence electrons. The third-order valence-corrected chi connectivity index (χ3v) is 6.79. The minimum atomic E-state index is 0.188. The van der Waals surface area contributed by atoms with Gasteiger partial charge in [0.25, 0.3) is 0 Å². The molecule has 0 aromatic rings. The van der Waals surface area contributed by atoms with E-state index in [-0.39, 0.29) is 13.2 Å². The number of halogens is 2. The summed E-state index contributed by atoms with van der Waals surface area (Å²) >= 11 is 11.0. The summed E-state index contributed by atoms with van der Waals surface area (Å²) in [7, 11) is 0. The average Bonchev–Trinajstić information content (AvgIpc) is 3.21. The van der Waals surface area contributed by atoms with Gasteiger partial charge in [0.05, 0.1) is 0 Å². The summed E-state index contributed by atoms with van der Waals surface area (Å²) in [6.45, 7) is 13.9. The fourth-order valence-corrected chi connectivity index (χ4v) is 3.67. The Morgan fingerprint density at radius 1 is 0.375 bits per heavy atom. The Balaban J connectivity index is -0.000000324. The first kappa shape index (κ1) is 61.4. The van der Waals surface area contributed by atoms with Gasteiger partial charge in [0, 0.05) is 154 Å². The molecule has 0 heterocycles. The molecule has 0 rings (SSSR count). The van der Waals surface area contributed by atoms with Crippen molar-refractivity contribution in [1.82, 2.24) is 0 Å². The van der Waals surface area contributed by atoms with Crippen molar-refractivity contribution in [2.24, 2.45) is 21.7 Å². The molecule has 0 saturated carbocycles. The minimum absolute atomic E-state index is 0.188. The normalized spacial score (nSPS) is 10.2. The van der Waals surface area contributed by atoms with Gasteiger partial charge in [0.1, 0.15) is 0 Å². The topological polar surface area (TPSA) is 264 Å². The molecule has 0 aromatic carbocycles. The van der Waals surface area contributed by atoms with Crippen molar-refractivity contribution in [3.05, 3.63) is 20.9 Å². The third-order valence-electron chi connectivity index (χ3n) is 6.25. The standard InChI is InChI=1S/C9H18Cl2O2.C9H18N6O2.C9H22N2O2.C9H20O4/c10-4-1-6-12-8-3-9-13-7-2-5-11;10-14-12-4-1-6-16-8-3-9-17-7-2-5-13-15-11;2*10-4-1-6-12-8-3-9-13-7-2-5-11/h1-9H2;1-9H2;1-11H2;10-11H,1-9H2. The van der Waals surface area contributed by atoms with Crippen LogP contribution in [0.25, 0.3) is 20.9 Å². The highest BCUT2D eigenvalue weighted by molar-refractivity contribution is 6.18. The van der Waals surface area contributed by atoms with E-state index in [0.29, 0.717) is 104 Å². The molecule has 0 atom stereocenters. The van der Waals surface area contributed by atoms with E-state index in [2.05, 4.69) is 20.1 Å². The molecule has 6 N–H and O–H groups in total. The molecular formula is C36H78Cl2N8O10. The Kier molecular flexibility index (Phi) is 75.0. The number of nitrogens with zero attached hydrogens (tertiary/aromatic N) is 6. The highest BCUT2D eigenvalue weighted by atomic mass is 35.5. The fourth-order valence-electron chi connectivity index (χ4n) is 3.45. The summed E-state index contributed by atoms with van der Waals surface area (Å²) in [6, 6.07) is 0. The quantitative estimate of drug-likeness (QED) is 0.0188. The van der Waals surface area contributed by atoms with Gasteiger partial charge in [-0.1, -0.05) is 10.2 Å². The molecule has 20 heteroatoms. The van der Waals surface area contributed by atoms with Gasteiger partial charge >= 0.3 is 0 Å². The number of ether oxygens (including phenoxy) is 8. The first-order valence-corrected chi connectivity index (χ1v) is 21.1. The SMILES string of the molecule is ClCCCOCCCOCCCCl.NCCCOCCCOCCCN.OCCCOCCCOCCCO.[N-]=[N+]=NCCCOCCCOCCCN=[N+]=[N-]. The van der Waals surface area contributed by atoms with Crippen molar-refractivity contribution in [3.8, 4) is 0 Å². The summed E-state index contributed by atoms with van der Waals surface area (Å²) in [5, 5.41) is 23.7. The minimum Gasteiger partial charge on any atom is -0.396 e. The Hall–Kier alpha value is -1.28. The maximum absolute atomic E-state index is 8.44. The zero-order chi connectivity index (χ0) is 41.9. The number of nitrogens with two attached hydrogens (primary N) is 2. The van der Waals surface area contributed by atoms with Gasteiger partial charge in [-0.25, -0.2) is 0 Å². The Bertz CT molecular complexity index is 660. The van der Waals surface area contributed by atoms with Crippen molar-refractivity contribution < 1.29 is 48.1 Å². The molecule has 0 bridgehead atoms. The van der Waals surface area contributed by atoms with Crippen LogP contribution in [0.15, 0.2) is 10.2 Å². The summed E-state index contributed by atoms with van der Waals surface area (Å²) in [5.74, 6) is 1.35. The number of alkyl halides is 2. The molecule has 0 unspecified atom stereocenters. The molecule has 0 aromatic heterocycles. The molecule has 0 radical (unpaired) electrons. The average molecular weight is 854 g/mol. The summed E-state index contributed by atoms with van der Waals surface area (Å²) in [6.07, 6.45) is 10.2. The van der Waals surface area contributed by atoms with Crippen LogP contribution in [0.3, 0.4) is 0 Å². The summed E-state index contributed by atoms with van der Waals surface area (Å²) in [5.41, 5.74) is 26.7. The predicted molar refractivity (Wildman–Crippen MR) is 224 cm³/mol. The smallest absolute Gasteiger partial charge is 0.0488 e. The van der Waals surface area contributed by atoms with Gasteiger partial charge in [-0.3, -0.25) is 0 Å². The molecule has 0 aliphatic rings.